The van der Waals surface area contributed by atoms with E-state index in [9.17, 15) is 4.79 Å². The first-order chi connectivity index (χ1) is 12.6. The Morgan fingerprint density at radius 1 is 0.962 bits per heavy atom. The molecule has 128 valence electrons. The van der Waals surface area contributed by atoms with E-state index >= 15 is 0 Å². The summed E-state index contributed by atoms with van der Waals surface area (Å²) in [4.78, 5) is 22.5. The Kier molecular flexibility index (Phi) is 4.49. The number of halogens is 2. The number of imidazole rings is 1. The summed E-state index contributed by atoms with van der Waals surface area (Å²) in [6.45, 7) is 0. The highest BCUT2D eigenvalue weighted by atomic mass is 79.9. The van der Waals surface area contributed by atoms with Crippen molar-refractivity contribution >= 4 is 27.5 Å². The lowest BCUT2D eigenvalue weighted by Gasteiger charge is -2.03. The molecule has 2 aromatic heterocycles. The van der Waals surface area contributed by atoms with Crippen LogP contribution in [0.1, 0.15) is 0 Å². The maximum absolute atomic E-state index is 11.8. The second-order valence-corrected chi connectivity index (χ2v) is 7.06. The van der Waals surface area contributed by atoms with Gasteiger partial charge in [0.2, 0.25) is 5.56 Å². The van der Waals surface area contributed by atoms with Crippen LogP contribution >= 0.6 is 27.5 Å². The zero-order chi connectivity index (χ0) is 18.1. The fraction of sp³-hybridized carbons (Fsp3) is 0. The smallest absolute Gasteiger partial charge is 0.248 e. The number of nitrogens with one attached hydrogen (secondary N) is 2. The van der Waals surface area contributed by atoms with Gasteiger partial charge in [-0.3, -0.25) is 4.79 Å². The highest BCUT2D eigenvalue weighted by molar-refractivity contribution is 9.10. The maximum Gasteiger partial charge on any atom is 0.248 e. The van der Waals surface area contributed by atoms with Crippen LogP contribution in [-0.2, 0) is 0 Å². The molecule has 2 aromatic carbocycles. The van der Waals surface area contributed by atoms with Crippen LogP contribution in [-0.4, -0.2) is 15.0 Å². The molecule has 2 N–H and O–H groups in total. The monoisotopic (exact) mass is 425 g/mol. The molecule has 0 unspecified atom stereocenters. The molecule has 26 heavy (non-hydrogen) atoms. The zero-order valence-electron chi connectivity index (χ0n) is 13.5. The molecule has 4 rings (SSSR count). The average molecular weight is 427 g/mol. The number of hydrogen-bond donors (Lipinski definition) is 2. The van der Waals surface area contributed by atoms with E-state index in [4.69, 9.17) is 16.6 Å². The lowest BCUT2D eigenvalue weighted by atomic mass is 10.1. The van der Waals surface area contributed by atoms with Gasteiger partial charge in [0.15, 0.2) is 0 Å². The van der Waals surface area contributed by atoms with Gasteiger partial charge in [-0.25, -0.2) is 4.98 Å². The topological polar surface area (TPSA) is 61.5 Å². The Balaban J connectivity index is 1.95. The normalized spacial score (nSPS) is 10.8. The van der Waals surface area contributed by atoms with Gasteiger partial charge < -0.3 is 9.97 Å². The summed E-state index contributed by atoms with van der Waals surface area (Å²) in [5.41, 5.74) is 3.88. The molecule has 0 amide bonds. The Labute approximate surface area is 163 Å². The molecule has 0 bridgehead atoms. The van der Waals surface area contributed by atoms with Gasteiger partial charge in [-0.05, 0) is 30.3 Å². The molecule has 0 aliphatic carbocycles. The second-order valence-electron chi connectivity index (χ2n) is 5.74. The third-order valence-corrected chi connectivity index (χ3v) is 4.87. The summed E-state index contributed by atoms with van der Waals surface area (Å²) in [5.74, 6) is 0.656. The van der Waals surface area contributed by atoms with Crippen LogP contribution in [0.5, 0.6) is 0 Å². The standard InChI is InChI=1S/C20H13BrClN3O/c21-14-7-5-12(6-8-14)18-19(13-9-10-23-17(26)11-13)25-20(24-18)15-3-1-2-4-16(15)22/h1-11H,(H,23,26)(H,24,25). The van der Waals surface area contributed by atoms with Crippen LogP contribution in [0.2, 0.25) is 5.02 Å². The van der Waals surface area contributed by atoms with Gasteiger partial charge in [-0.2, -0.15) is 0 Å². The fourth-order valence-corrected chi connectivity index (χ4v) is 3.27. The maximum atomic E-state index is 11.8. The van der Waals surface area contributed by atoms with Crippen molar-refractivity contribution in [3.63, 3.8) is 0 Å². The molecule has 0 saturated heterocycles. The minimum Gasteiger partial charge on any atom is -0.337 e. The molecular formula is C20H13BrClN3O. The number of aromatic nitrogens is 3. The molecule has 2 heterocycles. The van der Waals surface area contributed by atoms with Gasteiger partial charge in [-0.15, -0.1) is 0 Å². The van der Waals surface area contributed by atoms with E-state index in [1.54, 1.807) is 12.3 Å². The highest BCUT2D eigenvalue weighted by Gasteiger charge is 2.16. The molecule has 4 aromatic rings. The van der Waals surface area contributed by atoms with E-state index in [-0.39, 0.29) is 5.56 Å². The lowest BCUT2D eigenvalue weighted by molar-refractivity contribution is 1.23. The van der Waals surface area contributed by atoms with Gasteiger partial charge in [0.25, 0.3) is 0 Å². The number of aromatic amines is 2. The molecular weight excluding hydrogens is 414 g/mol. The third-order valence-electron chi connectivity index (χ3n) is 4.01. The minimum atomic E-state index is -0.168. The first-order valence-electron chi connectivity index (χ1n) is 7.92. The Hall–Kier alpha value is -2.63. The predicted molar refractivity (Wildman–Crippen MR) is 108 cm³/mol. The van der Waals surface area contributed by atoms with E-state index in [2.05, 4.69) is 25.9 Å². The van der Waals surface area contributed by atoms with Crippen molar-refractivity contribution in [2.75, 3.05) is 0 Å². The Bertz CT molecular complexity index is 1130. The van der Waals surface area contributed by atoms with Crippen LogP contribution in [0.4, 0.5) is 0 Å². The fourth-order valence-electron chi connectivity index (χ4n) is 2.78. The lowest BCUT2D eigenvalue weighted by Crippen LogP contribution is -2.02. The molecule has 0 aliphatic heterocycles. The summed E-state index contributed by atoms with van der Waals surface area (Å²) in [6.07, 6.45) is 1.62. The molecule has 0 spiro atoms. The summed E-state index contributed by atoms with van der Waals surface area (Å²) in [5, 5.41) is 0.612. The predicted octanol–water partition coefficient (Wildman–Crippen LogP) is 5.51. The van der Waals surface area contributed by atoms with Crippen molar-refractivity contribution < 1.29 is 0 Å². The van der Waals surface area contributed by atoms with Crippen molar-refractivity contribution in [1.29, 1.82) is 0 Å². The largest absolute Gasteiger partial charge is 0.337 e. The molecule has 0 atom stereocenters. The van der Waals surface area contributed by atoms with Gasteiger partial charge in [0.05, 0.1) is 16.4 Å². The molecule has 0 saturated carbocycles. The van der Waals surface area contributed by atoms with Gasteiger partial charge in [-0.1, -0.05) is 51.8 Å². The second kappa shape index (κ2) is 6.94. The van der Waals surface area contributed by atoms with Crippen LogP contribution < -0.4 is 5.56 Å². The molecule has 4 nitrogen and oxygen atoms in total. The van der Waals surface area contributed by atoms with Crippen LogP contribution in [0.3, 0.4) is 0 Å². The van der Waals surface area contributed by atoms with Crippen molar-refractivity contribution in [2.45, 2.75) is 0 Å². The van der Waals surface area contributed by atoms with Gasteiger partial charge in [0, 0.05) is 33.4 Å². The van der Waals surface area contributed by atoms with E-state index in [0.29, 0.717) is 10.8 Å². The highest BCUT2D eigenvalue weighted by Crippen LogP contribution is 2.34. The van der Waals surface area contributed by atoms with Crippen LogP contribution in [0, 0.1) is 0 Å². The molecule has 6 heteroatoms. The van der Waals surface area contributed by atoms with E-state index in [1.807, 2.05) is 54.6 Å². The SMILES string of the molecule is O=c1cc(-c2[nH]c(-c3ccccc3Cl)nc2-c2ccc(Br)cc2)cc[nH]1. The first kappa shape index (κ1) is 16.8. The summed E-state index contributed by atoms with van der Waals surface area (Å²) in [7, 11) is 0. The van der Waals surface area contributed by atoms with Crippen molar-refractivity contribution in [3.05, 3.63) is 86.7 Å². The van der Waals surface area contributed by atoms with E-state index in [0.717, 1.165) is 32.6 Å². The Morgan fingerprint density at radius 3 is 2.46 bits per heavy atom. The quantitative estimate of drug-likeness (QED) is 0.453. The van der Waals surface area contributed by atoms with Gasteiger partial charge >= 0.3 is 0 Å². The third kappa shape index (κ3) is 3.23. The van der Waals surface area contributed by atoms with Crippen molar-refractivity contribution in [2.24, 2.45) is 0 Å². The average Bonchev–Trinajstić information content (AvgIpc) is 3.08. The molecule has 0 fully saturated rings. The first-order valence-corrected chi connectivity index (χ1v) is 9.09. The number of rotatable bonds is 3. The Morgan fingerprint density at radius 2 is 1.73 bits per heavy atom. The van der Waals surface area contributed by atoms with Gasteiger partial charge in [0.1, 0.15) is 5.82 Å². The number of benzene rings is 2. The van der Waals surface area contributed by atoms with Crippen molar-refractivity contribution in [3.8, 4) is 33.9 Å². The van der Waals surface area contributed by atoms with Crippen LogP contribution in [0.15, 0.2) is 76.1 Å². The van der Waals surface area contributed by atoms with E-state index in [1.165, 1.54) is 0 Å². The summed E-state index contributed by atoms with van der Waals surface area (Å²) < 4.78 is 0.987. The number of pyridine rings is 1. The van der Waals surface area contributed by atoms with Crippen LogP contribution in [0.25, 0.3) is 33.9 Å². The minimum absolute atomic E-state index is 0.168. The summed E-state index contributed by atoms with van der Waals surface area (Å²) in [6, 6.07) is 18.8. The van der Waals surface area contributed by atoms with E-state index < -0.39 is 0 Å². The van der Waals surface area contributed by atoms with Crippen molar-refractivity contribution in [1.82, 2.24) is 15.0 Å². The number of H-pyrrole nitrogens is 2. The molecule has 0 radical (unpaired) electrons. The zero-order valence-corrected chi connectivity index (χ0v) is 15.8. The summed E-state index contributed by atoms with van der Waals surface area (Å²) >= 11 is 9.79. The molecule has 0 aliphatic rings. The number of nitrogens with zero attached hydrogens (tertiary/aromatic N) is 1. The number of hydrogen-bond acceptors (Lipinski definition) is 2.